The predicted octanol–water partition coefficient (Wildman–Crippen LogP) is 16.6. The standard InChI is InChI=1S/C16H26O5.C16H28O4.C15H24O5.C15H26O4.8CH4/c1-5-16(2,3)15(18)21-13-8-10-6-11(13)12(7-10)14(17)20-9-19-4;1-5-15(3,4)14(18)19-12-9-13(17)20-16(6-2)10-7-8-11-16;1-4-9(2)14(16)20-13-7-10-5-11(13)12(6-10)15(17)19-8-18-3;1-4-12(3)14(17)18-11-8-13(16)19-15(5-2)9-6-7-10-15;;;;;;;;/h10-13H,5-9H2,1-4H3;5-12H2,1-4H3;9-13H,4-8H2,1-3H3;12H,4-11H2,1-3H3;8*1H4. The minimum Gasteiger partial charge on any atom is -0.465 e. The monoisotopic (exact) mass is 1260 g/mol. The number of rotatable bonds is 26. The van der Waals surface area contributed by atoms with Crippen LogP contribution in [0.25, 0.3) is 0 Å². The Bertz CT molecular complexity index is 1970. The molecule has 4 bridgehead atoms. The van der Waals surface area contributed by atoms with Gasteiger partial charge in [0.1, 0.15) is 36.6 Å². The molecular weight excluding hydrogens is 1130 g/mol. The minimum atomic E-state index is -0.486. The van der Waals surface area contributed by atoms with Crippen LogP contribution in [0, 0.1) is 58.2 Å². The Morgan fingerprint density at radius 1 is 0.455 bits per heavy atom. The molecule has 0 N–H and O–H groups in total. The maximum absolute atomic E-state index is 12.2. The Labute approximate surface area is 537 Å². The molecule has 0 spiro atoms. The number of esters is 8. The lowest BCUT2D eigenvalue weighted by atomic mass is 9.86. The molecule has 18 nitrogen and oxygen atoms in total. The molecule has 0 aromatic heterocycles. The molecule has 18 heteroatoms. The van der Waals surface area contributed by atoms with Crippen molar-refractivity contribution in [1.82, 2.24) is 0 Å². The molecule has 6 fully saturated rings. The van der Waals surface area contributed by atoms with Crippen molar-refractivity contribution in [2.45, 2.75) is 307 Å². The zero-order valence-electron chi connectivity index (χ0n) is 51.5. The summed E-state index contributed by atoms with van der Waals surface area (Å²) in [7, 11) is 2.98. The fourth-order valence-electron chi connectivity index (χ4n) is 11.5. The molecule has 0 heterocycles. The fraction of sp³-hybridized carbons (Fsp3) is 0.886. The fourth-order valence-corrected chi connectivity index (χ4v) is 11.5. The van der Waals surface area contributed by atoms with E-state index in [-0.39, 0.29) is 206 Å². The summed E-state index contributed by atoms with van der Waals surface area (Å²) in [6.45, 7) is 23.3. The van der Waals surface area contributed by atoms with Gasteiger partial charge in [-0.25, -0.2) is 0 Å². The van der Waals surface area contributed by atoms with Crippen LogP contribution >= 0.6 is 0 Å². The highest BCUT2D eigenvalue weighted by Gasteiger charge is 2.53. The lowest BCUT2D eigenvalue weighted by molar-refractivity contribution is -0.171. The second kappa shape index (κ2) is 45.9. The van der Waals surface area contributed by atoms with Gasteiger partial charge in [-0.05, 0) is 168 Å². The molecule has 0 aromatic carbocycles. The minimum absolute atomic E-state index is 0. The van der Waals surface area contributed by atoms with Gasteiger partial charge in [0.25, 0.3) is 0 Å². The third kappa shape index (κ3) is 28.9. The Balaban J connectivity index is -0.000000247. The van der Waals surface area contributed by atoms with E-state index in [0.29, 0.717) is 11.8 Å². The van der Waals surface area contributed by atoms with Crippen molar-refractivity contribution < 1.29 is 85.7 Å². The smallest absolute Gasteiger partial charge is 0.311 e. The van der Waals surface area contributed by atoms with E-state index < -0.39 is 10.8 Å². The van der Waals surface area contributed by atoms with E-state index in [2.05, 4.69) is 13.8 Å². The van der Waals surface area contributed by atoms with Crippen LogP contribution in [-0.2, 0) is 85.7 Å². The van der Waals surface area contributed by atoms with Gasteiger partial charge in [0.2, 0.25) is 0 Å². The van der Waals surface area contributed by atoms with Crippen LogP contribution in [-0.4, -0.2) is 112 Å². The Morgan fingerprint density at radius 2 is 0.807 bits per heavy atom. The van der Waals surface area contributed by atoms with E-state index in [4.69, 9.17) is 47.4 Å². The van der Waals surface area contributed by atoms with Crippen LogP contribution in [0.1, 0.15) is 284 Å². The number of hydrogen-bond donors (Lipinski definition) is 0. The largest absolute Gasteiger partial charge is 0.465 e. The van der Waals surface area contributed by atoms with Crippen LogP contribution in [0.5, 0.6) is 0 Å². The highest BCUT2D eigenvalue weighted by atomic mass is 16.7. The first-order valence-electron chi connectivity index (χ1n) is 30.3. The van der Waals surface area contributed by atoms with Crippen LogP contribution in [0.4, 0.5) is 0 Å². The molecule has 0 radical (unpaired) electrons. The molecule has 88 heavy (non-hydrogen) atoms. The van der Waals surface area contributed by atoms with Gasteiger partial charge in [-0.3, -0.25) is 38.4 Å². The summed E-state index contributed by atoms with van der Waals surface area (Å²) < 4.78 is 52.4. The second-order valence-electron chi connectivity index (χ2n) is 24.7. The Kier molecular flexibility index (Phi) is 49.4. The molecule has 0 amide bonds. The van der Waals surface area contributed by atoms with Gasteiger partial charge >= 0.3 is 47.8 Å². The third-order valence-electron chi connectivity index (χ3n) is 18.2. The van der Waals surface area contributed by atoms with Gasteiger partial charge in [0.05, 0.1) is 47.3 Å². The van der Waals surface area contributed by atoms with Gasteiger partial charge in [-0.2, -0.15) is 0 Å². The summed E-state index contributed by atoms with van der Waals surface area (Å²) in [5, 5.41) is 0. The Morgan fingerprint density at radius 3 is 1.15 bits per heavy atom. The SMILES string of the molecule is C.C.C.C.C.C.C.C.CCC(C)(C)C(=O)OC1CC2CC(C(=O)OCOC)C1C2.CCC(C)C(=O)OC1CC2CC(C(=O)OCOC)C1C2.CCC(C)C(=O)OCCC(=O)OC1(CC)CCCC1.CCC1(OC(=O)CCOC(=O)C(C)(C)CC)CCCC1. The zero-order chi connectivity index (χ0) is 59.8. The maximum atomic E-state index is 12.2. The van der Waals surface area contributed by atoms with Crippen molar-refractivity contribution in [3.63, 3.8) is 0 Å². The average molecular weight is 1270 g/mol. The second-order valence-corrected chi connectivity index (χ2v) is 24.7. The first-order chi connectivity index (χ1) is 37.8. The van der Waals surface area contributed by atoms with Crippen LogP contribution in [0.15, 0.2) is 0 Å². The molecule has 6 aliphatic carbocycles. The molecule has 6 rings (SSSR count). The normalized spacial score (nSPS) is 23.1. The summed E-state index contributed by atoms with van der Waals surface area (Å²) in [4.78, 5) is 95.0. The van der Waals surface area contributed by atoms with Crippen LogP contribution < -0.4 is 0 Å². The first-order valence-corrected chi connectivity index (χ1v) is 30.3. The lowest BCUT2D eigenvalue weighted by Crippen LogP contribution is -2.37. The van der Waals surface area contributed by atoms with Crippen molar-refractivity contribution in [2.75, 3.05) is 41.0 Å². The van der Waals surface area contributed by atoms with E-state index in [0.717, 1.165) is 128 Å². The number of hydrogen-bond acceptors (Lipinski definition) is 18. The predicted molar refractivity (Wildman–Crippen MR) is 352 cm³/mol. The number of carbonyl (C=O) groups excluding carboxylic acids is 8. The number of carbonyl (C=O) groups is 8. The molecule has 0 aromatic rings. The molecular formula is C70H136O18. The Hall–Kier alpha value is -4.32. The van der Waals surface area contributed by atoms with Gasteiger partial charge in [0.15, 0.2) is 13.6 Å². The average Bonchev–Trinajstić information content (AvgIpc) is 4.02. The molecule has 0 aliphatic heterocycles. The van der Waals surface area contributed by atoms with Gasteiger partial charge in [-0.15, -0.1) is 0 Å². The van der Waals surface area contributed by atoms with Crippen molar-refractivity contribution in [2.24, 2.45) is 58.2 Å². The molecule has 6 aliphatic rings. The van der Waals surface area contributed by atoms with Gasteiger partial charge in [0, 0.05) is 26.1 Å². The third-order valence-corrected chi connectivity index (χ3v) is 18.2. The summed E-state index contributed by atoms with van der Waals surface area (Å²) in [6, 6.07) is 0. The number of fused-ring (bicyclic) bond motifs is 4. The molecule has 6 saturated carbocycles. The quantitative estimate of drug-likeness (QED) is 0.0445. The highest BCUT2D eigenvalue weighted by Crippen LogP contribution is 2.52. The topological polar surface area (TPSA) is 229 Å². The highest BCUT2D eigenvalue weighted by molar-refractivity contribution is 5.78. The molecule has 524 valence electrons. The molecule has 0 saturated heterocycles. The van der Waals surface area contributed by atoms with Crippen LogP contribution in [0.3, 0.4) is 0 Å². The van der Waals surface area contributed by atoms with E-state index in [1.165, 1.54) is 14.2 Å². The molecule has 10 unspecified atom stereocenters. The summed E-state index contributed by atoms with van der Waals surface area (Å²) in [5.74, 6) is -1.03. The maximum Gasteiger partial charge on any atom is 0.311 e. The van der Waals surface area contributed by atoms with Crippen molar-refractivity contribution >= 4 is 47.8 Å². The van der Waals surface area contributed by atoms with E-state index >= 15 is 0 Å². The zero-order valence-corrected chi connectivity index (χ0v) is 51.5. The summed E-state index contributed by atoms with van der Waals surface area (Å²) in [5.41, 5.74) is -1.46. The van der Waals surface area contributed by atoms with Crippen LogP contribution in [0.2, 0.25) is 0 Å². The van der Waals surface area contributed by atoms with Gasteiger partial charge < -0.3 is 47.4 Å². The summed E-state index contributed by atoms with van der Waals surface area (Å²) >= 11 is 0. The van der Waals surface area contributed by atoms with E-state index in [1.807, 2.05) is 69.2 Å². The van der Waals surface area contributed by atoms with E-state index in [1.54, 1.807) is 0 Å². The van der Waals surface area contributed by atoms with Crippen molar-refractivity contribution in [1.29, 1.82) is 0 Å². The van der Waals surface area contributed by atoms with E-state index in [9.17, 15) is 38.4 Å². The molecule has 10 atom stereocenters. The van der Waals surface area contributed by atoms with Crippen molar-refractivity contribution in [3.8, 4) is 0 Å². The van der Waals surface area contributed by atoms with Crippen molar-refractivity contribution in [3.05, 3.63) is 0 Å². The van der Waals surface area contributed by atoms with Gasteiger partial charge in [-0.1, -0.05) is 115 Å². The first kappa shape index (κ1) is 94.8. The number of ether oxygens (including phenoxy) is 10. The number of methoxy groups -OCH3 is 2. The summed E-state index contributed by atoms with van der Waals surface area (Å²) in [6.07, 6.45) is 18.5. The lowest BCUT2D eigenvalue weighted by Gasteiger charge is -2.30.